The van der Waals surface area contributed by atoms with Crippen molar-refractivity contribution >= 4 is 28.9 Å². The molecule has 2 rings (SSSR count). The number of hydrogen-bond acceptors (Lipinski definition) is 8. The summed E-state index contributed by atoms with van der Waals surface area (Å²) in [7, 11) is 1.60. The van der Waals surface area contributed by atoms with E-state index in [0.29, 0.717) is 18.2 Å². The van der Waals surface area contributed by atoms with Gasteiger partial charge in [-0.3, -0.25) is 0 Å². The molecule has 8 heteroatoms. The molecule has 17 heavy (non-hydrogen) atoms. The highest BCUT2D eigenvalue weighted by Crippen LogP contribution is 2.28. The Balaban J connectivity index is 2.23. The molecule has 0 fully saturated rings. The van der Waals surface area contributed by atoms with Gasteiger partial charge in [-0.1, -0.05) is 0 Å². The molecule has 0 saturated heterocycles. The SMILES string of the molecule is COCc1nc(NN)cc(Sc2nccs2)n1. The topological polar surface area (TPSA) is 86.0 Å². The number of rotatable bonds is 5. The highest BCUT2D eigenvalue weighted by molar-refractivity contribution is 8.01. The number of nitrogens with one attached hydrogen (secondary N) is 1. The summed E-state index contributed by atoms with van der Waals surface area (Å²) in [5.41, 5.74) is 2.51. The average molecular weight is 269 g/mol. The molecule has 0 aliphatic carbocycles. The van der Waals surface area contributed by atoms with Crippen LogP contribution in [0.2, 0.25) is 0 Å². The molecule has 6 nitrogen and oxygen atoms in total. The maximum Gasteiger partial charge on any atom is 0.157 e. The second kappa shape index (κ2) is 5.92. The van der Waals surface area contributed by atoms with Crippen molar-refractivity contribution in [2.45, 2.75) is 16.0 Å². The van der Waals surface area contributed by atoms with Gasteiger partial charge in [-0.15, -0.1) is 11.3 Å². The number of nitrogens with zero attached hydrogens (tertiary/aromatic N) is 3. The minimum Gasteiger partial charge on any atom is -0.377 e. The van der Waals surface area contributed by atoms with Crippen molar-refractivity contribution in [3.05, 3.63) is 23.5 Å². The molecule has 0 radical (unpaired) electrons. The molecule has 2 heterocycles. The highest BCUT2D eigenvalue weighted by Gasteiger charge is 2.07. The van der Waals surface area contributed by atoms with Gasteiger partial charge in [0.25, 0.3) is 0 Å². The van der Waals surface area contributed by atoms with E-state index in [1.165, 1.54) is 11.8 Å². The minimum absolute atomic E-state index is 0.348. The van der Waals surface area contributed by atoms with Gasteiger partial charge in [0.15, 0.2) is 10.2 Å². The first kappa shape index (κ1) is 12.2. The molecule has 0 bridgehead atoms. The van der Waals surface area contributed by atoms with Crippen LogP contribution in [0.15, 0.2) is 27.0 Å². The molecule has 0 spiro atoms. The quantitative estimate of drug-likeness (QED) is 0.483. The molecule has 0 unspecified atom stereocenters. The number of nitrogen functional groups attached to an aromatic ring is 1. The van der Waals surface area contributed by atoms with Crippen molar-refractivity contribution in [3.63, 3.8) is 0 Å². The fourth-order valence-corrected chi connectivity index (χ4v) is 2.73. The van der Waals surface area contributed by atoms with Crippen LogP contribution in [-0.2, 0) is 11.3 Å². The Bertz CT molecular complexity index is 476. The fraction of sp³-hybridized carbons (Fsp3) is 0.222. The normalized spacial score (nSPS) is 10.5. The zero-order chi connectivity index (χ0) is 12.1. The molecule has 0 aliphatic rings. The maximum atomic E-state index is 5.35. The number of hydrazine groups is 1. The smallest absolute Gasteiger partial charge is 0.157 e. The summed E-state index contributed by atoms with van der Waals surface area (Å²) in [6.07, 6.45) is 1.76. The first-order chi connectivity index (χ1) is 8.31. The molecule has 90 valence electrons. The molecule has 0 aromatic carbocycles. The second-order valence-electron chi connectivity index (χ2n) is 2.99. The lowest BCUT2D eigenvalue weighted by molar-refractivity contribution is 0.177. The molecule has 2 aromatic heterocycles. The van der Waals surface area contributed by atoms with Crippen molar-refractivity contribution in [1.29, 1.82) is 0 Å². The first-order valence-electron chi connectivity index (χ1n) is 4.72. The summed E-state index contributed by atoms with van der Waals surface area (Å²) in [5.74, 6) is 6.50. The number of thiazole rings is 1. The maximum absolute atomic E-state index is 5.35. The molecule has 2 aromatic rings. The standard InChI is InChI=1S/C9H11N5OS2/c1-15-5-7-12-6(14-10)4-8(13-7)17-9-11-2-3-16-9/h2-4H,5,10H2,1H3,(H,12,13,14). The molecule has 0 atom stereocenters. The van der Waals surface area contributed by atoms with Crippen LogP contribution in [0.1, 0.15) is 5.82 Å². The minimum atomic E-state index is 0.348. The van der Waals surface area contributed by atoms with Crippen molar-refractivity contribution < 1.29 is 4.74 Å². The zero-order valence-electron chi connectivity index (χ0n) is 9.08. The molecule has 0 saturated carbocycles. The van der Waals surface area contributed by atoms with Crippen LogP contribution in [0, 0.1) is 0 Å². The Morgan fingerprint density at radius 1 is 1.53 bits per heavy atom. The van der Waals surface area contributed by atoms with E-state index < -0.39 is 0 Å². The van der Waals surface area contributed by atoms with E-state index in [0.717, 1.165) is 9.37 Å². The van der Waals surface area contributed by atoms with Crippen LogP contribution in [0.3, 0.4) is 0 Å². The van der Waals surface area contributed by atoms with Crippen LogP contribution in [-0.4, -0.2) is 22.1 Å². The van der Waals surface area contributed by atoms with E-state index in [9.17, 15) is 0 Å². The van der Waals surface area contributed by atoms with Crippen molar-refractivity contribution in [3.8, 4) is 0 Å². The highest BCUT2D eigenvalue weighted by atomic mass is 32.2. The van der Waals surface area contributed by atoms with Crippen LogP contribution in [0.25, 0.3) is 0 Å². The summed E-state index contributed by atoms with van der Waals surface area (Å²) >= 11 is 3.03. The average Bonchev–Trinajstić information content (AvgIpc) is 2.82. The van der Waals surface area contributed by atoms with E-state index in [-0.39, 0.29) is 0 Å². The lowest BCUT2D eigenvalue weighted by Gasteiger charge is -2.05. The van der Waals surface area contributed by atoms with Gasteiger partial charge in [0, 0.05) is 24.8 Å². The Labute approximate surface area is 107 Å². The lowest BCUT2D eigenvalue weighted by Crippen LogP contribution is -2.11. The number of anilines is 1. The molecule has 0 amide bonds. The van der Waals surface area contributed by atoms with Gasteiger partial charge < -0.3 is 10.2 Å². The van der Waals surface area contributed by atoms with Gasteiger partial charge >= 0.3 is 0 Å². The van der Waals surface area contributed by atoms with Gasteiger partial charge in [-0.25, -0.2) is 20.8 Å². The summed E-state index contributed by atoms with van der Waals surface area (Å²) in [5, 5.41) is 2.71. The Morgan fingerprint density at radius 2 is 2.41 bits per heavy atom. The van der Waals surface area contributed by atoms with Gasteiger partial charge in [0.1, 0.15) is 17.5 Å². The molecular formula is C9H11N5OS2. The largest absolute Gasteiger partial charge is 0.377 e. The van der Waals surface area contributed by atoms with Gasteiger partial charge in [0.2, 0.25) is 0 Å². The Kier molecular flexibility index (Phi) is 4.26. The molecular weight excluding hydrogens is 258 g/mol. The van der Waals surface area contributed by atoms with Crippen molar-refractivity contribution in [2.75, 3.05) is 12.5 Å². The Morgan fingerprint density at radius 3 is 3.06 bits per heavy atom. The van der Waals surface area contributed by atoms with Gasteiger partial charge in [0.05, 0.1) is 0 Å². The predicted octanol–water partition coefficient (Wildman–Crippen LogP) is 1.52. The molecule has 0 aliphatic heterocycles. The number of methoxy groups -OCH3 is 1. The monoisotopic (exact) mass is 269 g/mol. The zero-order valence-corrected chi connectivity index (χ0v) is 10.7. The van der Waals surface area contributed by atoms with Crippen LogP contribution >= 0.6 is 23.1 Å². The van der Waals surface area contributed by atoms with Crippen molar-refractivity contribution in [2.24, 2.45) is 5.84 Å². The fourth-order valence-electron chi connectivity index (χ4n) is 1.14. The van der Waals surface area contributed by atoms with E-state index in [4.69, 9.17) is 10.6 Å². The van der Waals surface area contributed by atoms with E-state index in [2.05, 4.69) is 20.4 Å². The summed E-state index contributed by atoms with van der Waals surface area (Å²) in [6.45, 7) is 0.348. The third-order valence-electron chi connectivity index (χ3n) is 1.77. The van der Waals surface area contributed by atoms with Crippen LogP contribution in [0.5, 0.6) is 0 Å². The van der Waals surface area contributed by atoms with Gasteiger partial charge in [-0.05, 0) is 11.8 Å². The van der Waals surface area contributed by atoms with E-state index >= 15 is 0 Å². The number of ether oxygens (including phenoxy) is 1. The van der Waals surface area contributed by atoms with Crippen LogP contribution < -0.4 is 11.3 Å². The number of hydrogen-bond donors (Lipinski definition) is 2. The third kappa shape index (κ3) is 3.37. The summed E-state index contributed by atoms with van der Waals surface area (Å²) in [6, 6.07) is 1.77. The predicted molar refractivity (Wildman–Crippen MR) is 66.8 cm³/mol. The third-order valence-corrected chi connectivity index (χ3v) is 3.57. The van der Waals surface area contributed by atoms with Gasteiger partial charge in [-0.2, -0.15) is 0 Å². The summed E-state index contributed by atoms with van der Waals surface area (Å²) in [4.78, 5) is 12.7. The van der Waals surface area contributed by atoms with E-state index in [1.807, 2.05) is 5.38 Å². The Hall–Kier alpha value is -1.22. The number of aromatic nitrogens is 3. The van der Waals surface area contributed by atoms with Crippen molar-refractivity contribution in [1.82, 2.24) is 15.0 Å². The second-order valence-corrected chi connectivity index (χ2v) is 5.15. The molecule has 3 N–H and O–H groups in total. The van der Waals surface area contributed by atoms with Crippen LogP contribution in [0.4, 0.5) is 5.82 Å². The lowest BCUT2D eigenvalue weighted by atomic mass is 10.5. The van der Waals surface area contributed by atoms with E-state index in [1.54, 1.807) is 30.7 Å². The number of nitrogens with two attached hydrogens (primary N) is 1. The summed E-state index contributed by atoms with van der Waals surface area (Å²) < 4.78 is 5.93. The first-order valence-corrected chi connectivity index (χ1v) is 6.42.